The number of nitrogen functional groups attached to an aromatic ring is 1. The van der Waals surface area contributed by atoms with Crippen molar-refractivity contribution in [2.45, 2.75) is 31.6 Å². The van der Waals surface area contributed by atoms with Gasteiger partial charge in [0.2, 0.25) is 11.9 Å². The van der Waals surface area contributed by atoms with Crippen molar-refractivity contribution in [1.82, 2.24) is 20.2 Å². The van der Waals surface area contributed by atoms with E-state index in [2.05, 4.69) is 25.5 Å². The van der Waals surface area contributed by atoms with E-state index < -0.39 is 29.6 Å². The van der Waals surface area contributed by atoms with Gasteiger partial charge in [-0.1, -0.05) is 7.43 Å². The molecule has 0 bridgehead atoms. The molecule has 1 aliphatic rings. The number of nitrogens with one attached hydrogen (secondary N) is 2. The standard InChI is InChI=1S/C24H29F3N8O3S.CH4/c1-14(34(2)19-18(13-28)22(39-3)33-23(29)32-19)20(36)31-17-11-15(10-16(12-17)24(25,26)27)21(37)30-4-5-35-6-8-38-9-7-35;/h10-12,14H,4-9H2,1-3H3,(H,30,37)(H,31,36)(H2,29,32,33);1H4/t14-;/m0./s1. The fourth-order valence-corrected chi connectivity index (χ4v) is 4.33. The van der Waals surface area contributed by atoms with Gasteiger partial charge in [-0.2, -0.15) is 23.4 Å². The highest BCUT2D eigenvalue weighted by molar-refractivity contribution is 7.98. The highest BCUT2D eigenvalue weighted by Gasteiger charge is 2.32. The molecule has 4 N–H and O–H groups in total. The van der Waals surface area contributed by atoms with Gasteiger partial charge in [-0.3, -0.25) is 14.5 Å². The maximum Gasteiger partial charge on any atom is 0.416 e. The fourth-order valence-electron chi connectivity index (χ4n) is 3.80. The zero-order valence-electron chi connectivity index (χ0n) is 21.6. The van der Waals surface area contributed by atoms with Crippen molar-refractivity contribution in [2.75, 3.05) is 68.6 Å². The Morgan fingerprint density at radius 2 is 1.95 bits per heavy atom. The zero-order chi connectivity index (χ0) is 28.7. The second kappa shape index (κ2) is 14.1. The number of hydrogen-bond acceptors (Lipinski definition) is 10. The minimum atomic E-state index is -4.75. The van der Waals surface area contributed by atoms with E-state index in [4.69, 9.17) is 10.5 Å². The molecule has 11 nitrogen and oxygen atoms in total. The number of likely N-dealkylation sites (N-methyl/N-ethyl adjacent to an activating group) is 1. The summed E-state index contributed by atoms with van der Waals surface area (Å²) in [5, 5.41) is 15.0. The van der Waals surface area contributed by atoms with Crippen molar-refractivity contribution >= 4 is 41.0 Å². The molecule has 0 saturated carbocycles. The number of morpholine rings is 1. The molecule has 2 aromatic rings. The Hall–Kier alpha value is -3.61. The summed E-state index contributed by atoms with van der Waals surface area (Å²) >= 11 is 1.18. The largest absolute Gasteiger partial charge is 0.416 e. The first kappa shape index (κ1) is 32.6. The van der Waals surface area contributed by atoms with Gasteiger partial charge >= 0.3 is 6.18 Å². The number of nitriles is 1. The average Bonchev–Trinajstić information content (AvgIpc) is 2.91. The number of halogens is 3. The van der Waals surface area contributed by atoms with Crippen LogP contribution in [0.1, 0.15) is 35.8 Å². The first-order chi connectivity index (χ1) is 18.4. The van der Waals surface area contributed by atoms with Crippen LogP contribution >= 0.6 is 11.8 Å². The predicted octanol–water partition coefficient (Wildman–Crippen LogP) is 2.83. The predicted molar refractivity (Wildman–Crippen MR) is 147 cm³/mol. The van der Waals surface area contributed by atoms with Crippen LogP contribution in [0.2, 0.25) is 0 Å². The molecule has 0 spiro atoms. The van der Waals surface area contributed by atoms with Crippen LogP contribution in [0.3, 0.4) is 0 Å². The van der Waals surface area contributed by atoms with Crippen molar-refractivity contribution in [2.24, 2.45) is 0 Å². The Kier molecular flexibility index (Phi) is 11.5. The lowest BCUT2D eigenvalue weighted by Gasteiger charge is -2.26. The Morgan fingerprint density at radius 3 is 2.55 bits per heavy atom. The average molecular weight is 583 g/mol. The summed E-state index contributed by atoms with van der Waals surface area (Å²) in [6.07, 6.45) is -3.05. The van der Waals surface area contributed by atoms with Gasteiger partial charge in [0.1, 0.15) is 22.7 Å². The molecular formula is C25H33F3N8O3S. The second-order valence-electron chi connectivity index (χ2n) is 8.68. The van der Waals surface area contributed by atoms with Crippen LogP contribution < -0.4 is 21.3 Å². The third kappa shape index (κ3) is 8.20. The molecule has 2 amide bonds. The number of nitrogens with zero attached hydrogens (tertiary/aromatic N) is 5. The van der Waals surface area contributed by atoms with E-state index in [1.807, 2.05) is 6.07 Å². The zero-order valence-corrected chi connectivity index (χ0v) is 22.4. The first-order valence-electron chi connectivity index (χ1n) is 11.9. The van der Waals surface area contributed by atoms with Gasteiger partial charge in [0, 0.05) is 44.5 Å². The van der Waals surface area contributed by atoms with Crippen LogP contribution in [-0.2, 0) is 15.7 Å². The van der Waals surface area contributed by atoms with E-state index in [1.165, 1.54) is 36.7 Å². The molecule has 1 fully saturated rings. The van der Waals surface area contributed by atoms with E-state index >= 15 is 0 Å². The molecule has 1 aromatic carbocycles. The van der Waals surface area contributed by atoms with Gasteiger partial charge in [-0.05, 0) is 31.4 Å². The Labute approximate surface area is 235 Å². The van der Waals surface area contributed by atoms with Crippen molar-refractivity contribution < 1.29 is 27.5 Å². The summed E-state index contributed by atoms with van der Waals surface area (Å²) in [6.45, 7) is 4.83. The number of ether oxygens (including phenoxy) is 1. The third-order valence-electron chi connectivity index (χ3n) is 6.08. The smallest absolute Gasteiger partial charge is 0.379 e. The molecule has 3 rings (SSSR count). The van der Waals surface area contributed by atoms with E-state index in [-0.39, 0.29) is 42.6 Å². The number of anilines is 3. The molecule has 1 aromatic heterocycles. The summed E-state index contributed by atoms with van der Waals surface area (Å²) in [7, 11) is 1.50. The summed E-state index contributed by atoms with van der Waals surface area (Å²) in [5.41, 5.74) is 4.32. The van der Waals surface area contributed by atoms with E-state index in [9.17, 15) is 28.0 Å². The number of hydrogen-bond donors (Lipinski definition) is 3. The van der Waals surface area contributed by atoms with Crippen LogP contribution in [-0.4, -0.2) is 85.4 Å². The molecule has 2 heterocycles. The summed E-state index contributed by atoms with van der Waals surface area (Å²) in [6, 6.07) is 3.68. The van der Waals surface area contributed by atoms with Crippen LogP contribution in [0.15, 0.2) is 23.2 Å². The maximum atomic E-state index is 13.6. The van der Waals surface area contributed by atoms with E-state index in [0.29, 0.717) is 37.9 Å². The van der Waals surface area contributed by atoms with Gasteiger partial charge in [0.15, 0.2) is 5.82 Å². The topological polar surface area (TPSA) is 150 Å². The number of thioether (sulfide) groups is 1. The third-order valence-corrected chi connectivity index (χ3v) is 6.76. The number of benzene rings is 1. The molecule has 0 aliphatic carbocycles. The molecule has 0 radical (unpaired) electrons. The number of carbonyl (C=O) groups is 2. The summed E-state index contributed by atoms with van der Waals surface area (Å²) < 4.78 is 46.1. The molecule has 15 heteroatoms. The van der Waals surface area contributed by atoms with Crippen molar-refractivity contribution in [3.63, 3.8) is 0 Å². The molecule has 40 heavy (non-hydrogen) atoms. The number of rotatable bonds is 9. The molecule has 1 saturated heterocycles. The van der Waals surface area contributed by atoms with Crippen molar-refractivity contribution in [1.29, 1.82) is 5.26 Å². The quantitative estimate of drug-likeness (QED) is 0.298. The van der Waals surface area contributed by atoms with Gasteiger partial charge in [-0.25, -0.2) is 4.98 Å². The van der Waals surface area contributed by atoms with Gasteiger partial charge in [0.25, 0.3) is 5.91 Å². The maximum absolute atomic E-state index is 13.6. The van der Waals surface area contributed by atoms with Crippen molar-refractivity contribution in [3.05, 3.63) is 34.9 Å². The summed E-state index contributed by atoms with van der Waals surface area (Å²) in [4.78, 5) is 37.3. The SMILES string of the molecule is C.CSc1nc(N)nc(N(C)[C@@H](C)C(=O)Nc2cc(C(=O)NCCN3CCOCC3)cc(C(F)(F)F)c2)c1C#N. The Bertz CT molecular complexity index is 1250. The minimum absolute atomic E-state index is 0. The number of aromatic nitrogens is 2. The van der Waals surface area contributed by atoms with E-state index in [1.54, 1.807) is 6.26 Å². The number of carbonyl (C=O) groups excluding carboxylic acids is 2. The highest BCUT2D eigenvalue weighted by atomic mass is 32.2. The van der Waals surface area contributed by atoms with Crippen LogP contribution in [0.25, 0.3) is 0 Å². The lowest BCUT2D eigenvalue weighted by molar-refractivity contribution is -0.137. The number of amides is 2. The first-order valence-corrected chi connectivity index (χ1v) is 13.1. The fraction of sp³-hybridized carbons (Fsp3) is 0.480. The molecular weight excluding hydrogens is 549 g/mol. The Balaban J connectivity index is 0.00000560. The van der Waals surface area contributed by atoms with Crippen LogP contribution in [0.5, 0.6) is 0 Å². The highest BCUT2D eigenvalue weighted by Crippen LogP contribution is 2.32. The molecule has 1 atom stereocenters. The minimum Gasteiger partial charge on any atom is -0.379 e. The molecule has 0 unspecified atom stereocenters. The van der Waals surface area contributed by atoms with E-state index in [0.717, 1.165) is 12.1 Å². The lowest BCUT2D eigenvalue weighted by Crippen LogP contribution is -2.41. The number of alkyl halides is 3. The summed E-state index contributed by atoms with van der Waals surface area (Å²) in [5.74, 6) is -1.40. The number of nitrogens with two attached hydrogens (primary N) is 1. The normalized spacial score (nSPS) is 14.4. The molecule has 218 valence electrons. The van der Waals surface area contributed by atoms with Crippen LogP contribution in [0, 0.1) is 11.3 Å². The van der Waals surface area contributed by atoms with Gasteiger partial charge in [-0.15, -0.1) is 11.8 Å². The second-order valence-corrected chi connectivity index (χ2v) is 9.48. The lowest BCUT2D eigenvalue weighted by atomic mass is 10.1. The molecule has 1 aliphatic heterocycles. The van der Waals surface area contributed by atoms with Gasteiger partial charge in [0.05, 0.1) is 18.8 Å². The van der Waals surface area contributed by atoms with Gasteiger partial charge < -0.3 is 26.0 Å². The van der Waals surface area contributed by atoms with Crippen molar-refractivity contribution in [3.8, 4) is 6.07 Å². The van der Waals surface area contributed by atoms with Crippen LogP contribution in [0.4, 0.5) is 30.6 Å². The Morgan fingerprint density at radius 1 is 1.27 bits per heavy atom. The monoisotopic (exact) mass is 582 g/mol.